The van der Waals surface area contributed by atoms with Gasteiger partial charge < -0.3 is 4.57 Å². The van der Waals surface area contributed by atoms with Gasteiger partial charge in [0.05, 0.1) is 18.0 Å². The summed E-state index contributed by atoms with van der Waals surface area (Å²) in [5.74, 6) is -0.437. The van der Waals surface area contributed by atoms with Gasteiger partial charge in [-0.15, -0.1) is 0 Å². The Morgan fingerprint density at radius 2 is 2.15 bits per heavy atom. The quantitative estimate of drug-likeness (QED) is 0.693. The maximum absolute atomic E-state index is 11.1. The average Bonchev–Trinajstić information content (AvgIpc) is 2.88. The Hall–Kier alpha value is -2.58. The molecule has 0 aliphatic rings. The number of hydrazone groups is 1. The summed E-state index contributed by atoms with van der Waals surface area (Å²) in [6.07, 6.45) is 3.18. The maximum atomic E-state index is 11.1. The molecule has 0 aliphatic heterocycles. The number of carbonyl (C=O) groups is 1. The van der Waals surface area contributed by atoms with Gasteiger partial charge in [-0.3, -0.25) is 4.79 Å². The number of carbonyl (C=O) groups excluding carboxylic acids is 1. The summed E-state index contributed by atoms with van der Waals surface area (Å²) < 4.78 is 1.90. The van der Waals surface area contributed by atoms with Crippen molar-refractivity contribution in [2.75, 3.05) is 0 Å². The number of hydrogen-bond acceptors (Lipinski definition) is 3. The molecule has 20 heavy (non-hydrogen) atoms. The van der Waals surface area contributed by atoms with Crippen LogP contribution in [-0.2, 0) is 4.79 Å². The summed E-state index contributed by atoms with van der Waals surface area (Å²) in [7, 11) is 0. The van der Waals surface area contributed by atoms with E-state index in [0.29, 0.717) is 5.02 Å². The van der Waals surface area contributed by atoms with Gasteiger partial charge in [-0.05, 0) is 36.4 Å². The number of benzene rings is 1. The van der Waals surface area contributed by atoms with Crippen LogP contribution in [0.15, 0.2) is 47.7 Å². The van der Waals surface area contributed by atoms with Gasteiger partial charge >= 0.3 is 0 Å². The van der Waals surface area contributed by atoms with Crippen LogP contribution < -0.4 is 5.43 Å². The van der Waals surface area contributed by atoms with Crippen LogP contribution in [0.3, 0.4) is 0 Å². The number of aromatic nitrogens is 1. The van der Waals surface area contributed by atoms with E-state index in [4.69, 9.17) is 16.9 Å². The molecule has 0 saturated heterocycles. The highest BCUT2D eigenvalue weighted by atomic mass is 35.5. The second-order valence-corrected chi connectivity index (χ2v) is 4.34. The SMILES string of the molecule is N#CCC(=O)N/N=C\c1cccn1-c1ccc(Cl)cc1. The zero-order chi connectivity index (χ0) is 14.4. The largest absolute Gasteiger partial charge is 0.316 e. The van der Waals surface area contributed by atoms with Crippen molar-refractivity contribution in [2.24, 2.45) is 5.10 Å². The van der Waals surface area contributed by atoms with E-state index < -0.39 is 5.91 Å². The zero-order valence-corrected chi connectivity index (χ0v) is 11.2. The van der Waals surface area contributed by atoms with E-state index in [1.807, 2.05) is 35.0 Å². The number of nitriles is 1. The number of nitrogens with zero attached hydrogens (tertiary/aromatic N) is 3. The van der Waals surface area contributed by atoms with Crippen LogP contribution in [0.1, 0.15) is 12.1 Å². The number of hydrogen-bond donors (Lipinski definition) is 1. The summed E-state index contributed by atoms with van der Waals surface area (Å²) in [6, 6.07) is 12.8. The molecule has 100 valence electrons. The van der Waals surface area contributed by atoms with E-state index in [1.54, 1.807) is 18.2 Å². The Morgan fingerprint density at radius 1 is 1.40 bits per heavy atom. The maximum Gasteiger partial charge on any atom is 0.254 e. The highest BCUT2D eigenvalue weighted by Gasteiger charge is 2.01. The molecular weight excluding hydrogens is 276 g/mol. The summed E-state index contributed by atoms with van der Waals surface area (Å²) in [6.45, 7) is 0. The van der Waals surface area contributed by atoms with Gasteiger partial charge in [0, 0.05) is 16.9 Å². The Labute approximate surface area is 121 Å². The molecule has 0 atom stereocenters. The van der Waals surface area contributed by atoms with Gasteiger partial charge in [0.1, 0.15) is 6.42 Å². The number of nitrogens with one attached hydrogen (secondary N) is 1. The van der Waals surface area contributed by atoms with Crippen LogP contribution in [0.2, 0.25) is 5.02 Å². The second kappa shape index (κ2) is 6.55. The first-order chi connectivity index (χ1) is 9.70. The predicted octanol–water partition coefficient (Wildman–Crippen LogP) is 2.49. The minimum atomic E-state index is -0.437. The number of amides is 1. The molecule has 1 N–H and O–H groups in total. The van der Waals surface area contributed by atoms with Crippen molar-refractivity contribution in [1.82, 2.24) is 9.99 Å². The molecule has 1 amide bonds. The van der Waals surface area contributed by atoms with Crippen LogP contribution in [0.4, 0.5) is 0 Å². The molecule has 6 heteroatoms. The van der Waals surface area contributed by atoms with Gasteiger partial charge in [0.2, 0.25) is 0 Å². The van der Waals surface area contributed by atoms with Gasteiger partial charge in [-0.25, -0.2) is 5.43 Å². The third-order valence-corrected chi connectivity index (χ3v) is 2.76. The monoisotopic (exact) mass is 286 g/mol. The molecule has 0 spiro atoms. The molecule has 1 heterocycles. The van der Waals surface area contributed by atoms with Crippen LogP contribution in [0.5, 0.6) is 0 Å². The van der Waals surface area contributed by atoms with Crippen LogP contribution in [-0.4, -0.2) is 16.7 Å². The lowest BCUT2D eigenvalue weighted by Gasteiger charge is -2.06. The fourth-order valence-corrected chi connectivity index (χ4v) is 1.74. The molecule has 5 nitrogen and oxygen atoms in total. The Morgan fingerprint density at radius 3 is 2.85 bits per heavy atom. The Kier molecular flexibility index (Phi) is 4.53. The Bertz CT molecular complexity index is 667. The van der Waals surface area contributed by atoms with Crippen molar-refractivity contribution in [2.45, 2.75) is 6.42 Å². The van der Waals surface area contributed by atoms with E-state index in [2.05, 4.69) is 10.5 Å². The second-order valence-electron chi connectivity index (χ2n) is 3.91. The van der Waals surface area contributed by atoms with E-state index in [1.165, 1.54) is 6.21 Å². The molecule has 0 aliphatic carbocycles. The van der Waals surface area contributed by atoms with Crippen molar-refractivity contribution in [3.8, 4) is 11.8 Å². The van der Waals surface area contributed by atoms with Gasteiger partial charge in [-0.1, -0.05) is 11.6 Å². The van der Waals surface area contributed by atoms with Crippen molar-refractivity contribution in [1.29, 1.82) is 5.26 Å². The van der Waals surface area contributed by atoms with E-state index >= 15 is 0 Å². The molecule has 0 unspecified atom stereocenters. The molecule has 0 fully saturated rings. The third-order valence-electron chi connectivity index (χ3n) is 2.51. The Balaban J connectivity index is 2.13. The molecule has 0 saturated carbocycles. The molecule has 1 aromatic carbocycles. The summed E-state index contributed by atoms with van der Waals surface area (Å²) in [5, 5.41) is 12.8. The van der Waals surface area contributed by atoms with Gasteiger partial charge in [-0.2, -0.15) is 10.4 Å². The van der Waals surface area contributed by atoms with Crippen molar-refractivity contribution in [3.05, 3.63) is 53.3 Å². The molecule has 0 radical (unpaired) electrons. The normalized spacial score (nSPS) is 10.4. The molecule has 2 rings (SSSR count). The number of rotatable bonds is 4. The van der Waals surface area contributed by atoms with Gasteiger partial charge in [0.25, 0.3) is 5.91 Å². The fourth-order valence-electron chi connectivity index (χ4n) is 1.62. The molecule has 2 aromatic rings. The first kappa shape index (κ1) is 13.8. The summed E-state index contributed by atoms with van der Waals surface area (Å²) >= 11 is 5.85. The lowest BCUT2D eigenvalue weighted by Crippen LogP contribution is -2.16. The van der Waals surface area contributed by atoms with Crippen molar-refractivity contribution >= 4 is 23.7 Å². The minimum Gasteiger partial charge on any atom is -0.316 e. The molecule has 1 aromatic heterocycles. The van der Waals surface area contributed by atoms with Crippen molar-refractivity contribution < 1.29 is 4.79 Å². The molecule has 0 bridgehead atoms. The topological polar surface area (TPSA) is 70.2 Å². The lowest BCUT2D eigenvalue weighted by atomic mass is 10.3. The fraction of sp³-hybridized carbons (Fsp3) is 0.0714. The standard InChI is InChI=1S/C14H11ClN4O/c15-11-3-5-12(6-4-11)19-9-1-2-13(19)10-17-18-14(20)7-8-16/h1-6,9-10H,7H2,(H,18,20)/b17-10-. The first-order valence-electron chi connectivity index (χ1n) is 5.83. The predicted molar refractivity (Wildman–Crippen MR) is 76.7 cm³/mol. The smallest absolute Gasteiger partial charge is 0.254 e. The van der Waals surface area contributed by atoms with Crippen LogP contribution in [0.25, 0.3) is 5.69 Å². The first-order valence-corrected chi connectivity index (χ1v) is 6.20. The van der Waals surface area contributed by atoms with E-state index in [0.717, 1.165) is 11.4 Å². The number of halogens is 1. The highest BCUT2D eigenvalue weighted by molar-refractivity contribution is 6.30. The average molecular weight is 287 g/mol. The molecular formula is C14H11ClN4O. The van der Waals surface area contributed by atoms with Gasteiger partial charge in [0.15, 0.2) is 0 Å². The van der Waals surface area contributed by atoms with Crippen LogP contribution in [0, 0.1) is 11.3 Å². The summed E-state index contributed by atoms with van der Waals surface area (Å²) in [5.41, 5.74) is 4.01. The van der Waals surface area contributed by atoms with Crippen molar-refractivity contribution in [3.63, 3.8) is 0 Å². The minimum absolute atomic E-state index is 0.213. The van der Waals surface area contributed by atoms with E-state index in [-0.39, 0.29) is 6.42 Å². The van der Waals surface area contributed by atoms with Crippen LogP contribution >= 0.6 is 11.6 Å². The van der Waals surface area contributed by atoms with E-state index in [9.17, 15) is 4.79 Å². The summed E-state index contributed by atoms with van der Waals surface area (Å²) in [4.78, 5) is 11.1. The highest BCUT2D eigenvalue weighted by Crippen LogP contribution is 2.15. The lowest BCUT2D eigenvalue weighted by molar-refractivity contribution is -0.120. The third kappa shape index (κ3) is 3.46. The zero-order valence-electron chi connectivity index (χ0n) is 10.5.